The van der Waals surface area contributed by atoms with Crippen molar-refractivity contribution in [3.63, 3.8) is 0 Å². The van der Waals surface area contributed by atoms with Crippen molar-refractivity contribution in [3.8, 4) is 11.1 Å². The van der Waals surface area contributed by atoms with E-state index < -0.39 is 30.2 Å². The van der Waals surface area contributed by atoms with Gasteiger partial charge in [-0.15, -0.1) is 30.6 Å². The Morgan fingerprint density at radius 1 is 0.950 bits per heavy atom. The molecule has 214 valence electrons. The Morgan fingerprint density at radius 3 is 2.33 bits per heavy atom. The van der Waals surface area contributed by atoms with Crippen LogP contribution in [0.5, 0.6) is 0 Å². The fourth-order valence-corrected chi connectivity index (χ4v) is 4.63. The number of hydrogen-bond donors (Lipinski definition) is 2. The van der Waals surface area contributed by atoms with Gasteiger partial charge in [0.25, 0.3) is 0 Å². The number of likely N-dealkylation sites (tertiary alicyclic amines) is 1. The Hall–Kier alpha value is -3.09. The van der Waals surface area contributed by atoms with Crippen molar-refractivity contribution in [2.24, 2.45) is 0 Å². The number of nitrogens with zero attached hydrogens (tertiary/aromatic N) is 1. The van der Waals surface area contributed by atoms with Crippen LogP contribution in [0.4, 0.5) is 25.0 Å². The average molecular weight is 666 g/mol. The lowest BCUT2D eigenvalue weighted by molar-refractivity contribution is -0.896. The van der Waals surface area contributed by atoms with Gasteiger partial charge in [0, 0.05) is 30.9 Å². The van der Waals surface area contributed by atoms with E-state index in [1.807, 2.05) is 36.4 Å². The Morgan fingerprint density at radius 2 is 1.65 bits per heavy atom. The summed E-state index contributed by atoms with van der Waals surface area (Å²) in [5.74, 6) is -2.22. The van der Waals surface area contributed by atoms with E-state index in [1.54, 1.807) is 12.1 Å². The number of quaternary nitrogens is 1. The minimum Gasteiger partial charge on any atom is -0.851 e. The molecule has 4 rings (SSSR count). The number of piperidine rings is 1. The highest BCUT2D eigenvalue weighted by molar-refractivity contribution is 14.0. The molecule has 10 heteroatoms. The molecule has 1 aliphatic heterocycles. The number of ether oxygens (including phenoxy) is 1. The smallest absolute Gasteiger partial charge is 0.411 e. The molecule has 0 atom stereocenters. The molecular formula is C30H34F2IN3O4. The van der Waals surface area contributed by atoms with Crippen molar-refractivity contribution in [2.45, 2.75) is 38.4 Å². The van der Waals surface area contributed by atoms with Gasteiger partial charge in [0.05, 0.1) is 38.6 Å². The van der Waals surface area contributed by atoms with Crippen molar-refractivity contribution >= 4 is 47.4 Å². The molecule has 1 aliphatic rings. The molecule has 1 heterocycles. The average Bonchev–Trinajstić information content (AvgIpc) is 2.91. The molecule has 0 radical (unpaired) electrons. The van der Waals surface area contributed by atoms with Crippen LogP contribution in [0, 0.1) is 11.6 Å². The fraction of sp³-hybridized carbons (Fsp3) is 0.333. The Labute approximate surface area is 250 Å². The highest BCUT2D eigenvalue weighted by Crippen LogP contribution is 2.30. The van der Waals surface area contributed by atoms with E-state index in [0.717, 1.165) is 59.2 Å². The predicted molar refractivity (Wildman–Crippen MR) is 159 cm³/mol. The lowest BCUT2D eigenvalue weighted by atomic mass is 9.99. The van der Waals surface area contributed by atoms with Gasteiger partial charge in [-0.1, -0.05) is 36.4 Å². The summed E-state index contributed by atoms with van der Waals surface area (Å²) in [6.45, 7) is 1.01. The number of rotatable bonds is 8. The molecular weight excluding hydrogens is 631 g/mol. The van der Waals surface area contributed by atoms with Crippen molar-refractivity contribution < 1.29 is 32.7 Å². The SMILES string of the molecule is C[N+]1(C)CCC(OC(=O)Nc2ccc(CCC(=O)Nc3cc(F)c(C[O-])cc3F)cc2-c2ccccc2)CC1.I. The zero-order valence-corrected chi connectivity index (χ0v) is 24.9. The Bertz CT molecular complexity index is 1330. The maximum atomic E-state index is 14.1. The molecule has 1 saturated heterocycles. The highest BCUT2D eigenvalue weighted by atomic mass is 127. The monoisotopic (exact) mass is 665 g/mol. The van der Waals surface area contributed by atoms with Gasteiger partial charge in [-0.3, -0.25) is 10.1 Å². The molecule has 1 fully saturated rings. The largest absolute Gasteiger partial charge is 0.851 e. The van der Waals surface area contributed by atoms with Gasteiger partial charge < -0.3 is 19.6 Å². The molecule has 2 N–H and O–H groups in total. The van der Waals surface area contributed by atoms with Gasteiger partial charge in [0.2, 0.25) is 5.91 Å². The van der Waals surface area contributed by atoms with Gasteiger partial charge >= 0.3 is 6.09 Å². The van der Waals surface area contributed by atoms with Crippen LogP contribution in [0.1, 0.15) is 30.4 Å². The van der Waals surface area contributed by atoms with Gasteiger partial charge in [-0.05, 0) is 41.3 Å². The van der Waals surface area contributed by atoms with Crippen LogP contribution in [-0.2, 0) is 22.6 Å². The first kappa shape index (κ1) is 31.4. The summed E-state index contributed by atoms with van der Waals surface area (Å²) in [4.78, 5) is 25.2. The van der Waals surface area contributed by atoms with Crippen molar-refractivity contribution in [2.75, 3.05) is 37.8 Å². The Kier molecular flexibility index (Phi) is 11.0. The van der Waals surface area contributed by atoms with Crippen molar-refractivity contribution in [1.29, 1.82) is 0 Å². The maximum absolute atomic E-state index is 14.1. The molecule has 3 aromatic rings. The van der Waals surface area contributed by atoms with Gasteiger partial charge in [0.15, 0.2) is 0 Å². The van der Waals surface area contributed by atoms with Crippen LogP contribution in [-0.4, -0.2) is 49.8 Å². The zero-order valence-electron chi connectivity index (χ0n) is 22.5. The number of nitrogens with one attached hydrogen (secondary N) is 2. The normalized spacial score (nSPS) is 14.6. The van der Waals surface area contributed by atoms with Crippen LogP contribution in [0.25, 0.3) is 11.1 Å². The third kappa shape index (κ3) is 8.45. The number of aryl methyl sites for hydroxylation is 1. The molecule has 0 aliphatic carbocycles. The molecule has 0 unspecified atom stereocenters. The quantitative estimate of drug-likeness (QED) is 0.247. The van der Waals surface area contributed by atoms with Crippen molar-refractivity contribution in [1.82, 2.24) is 0 Å². The molecule has 0 aromatic heterocycles. The number of carbonyl (C=O) groups excluding carboxylic acids is 2. The van der Waals surface area contributed by atoms with E-state index >= 15 is 0 Å². The fourth-order valence-electron chi connectivity index (χ4n) is 4.63. The number of halogens is 3. The third-order valence-corrected chi connectivity index (χ3v) is 7.00. The van der Waals surface area contributed by atoms with E-state index in [-0.39, 0.29) is 47.8 Å². The number of carbonyl (C=O) groups is 2. The van der Waals surface area contributed by atoms with Crippen LogP contribution >= 0.6 is 24.0 Å². The second kappa shape index (κ2) is 14.0. The van der Waals surface area contributed by atoms with Crippen LogP contribution in [0.15, 0.2) is 60.7 Å². The van der Waals surface area contributed by atoms with E-state index in [1.165, 1.54) is 0 Å². The molecule has 0 saturated carbocycles. The highest BCUT2D eigenvalue weighted by Gasteiger charge is 2.28. The third-order valence-electron chi connectivity index (χ3n) is 7.00. The standard InChI is InChI=1S/C30H33F2N3O4.HI/c1-35(2)14-12-23(13-15-35)39-30(38)34-27-10-8-20(16-24(27)21-6-4-3-5-7-21)9-11-29(37)33-28-18-25(31)22(19-36)17-26(28)32;/h3-8,10,16-18,23H,9,11-15,19H2,1-2H3,(H,33,37)(H,34,38);1H. The van der Waals surface area contributed by atoms with Gasteiger partial charge in [0.1, 0.15) is 17.7 Å². The number of benzene rings is 3. The van der Waals surface area contributed by atoms with Crippen molar-refractivity contribution in [3.05, 3.63) is 83.4 Å². The summed E-state index contributed by atoms with van der Waals surface area (Å²) in [7, 11) is 4.33. The minimum absolute atomic E-state index is 0. The molecule has 2 amide bonds. The summed E-state index contributed by atoms with van der Waals surface area (Å²) in [6.07, 6.45) is 1.34. The molecule has 7 nitrogen and oxygen atoms in total. The lowest BCUT2D eigenvalue weighted by Gasteiger charge is -2.36. The molecule has 3 aromatic carbocycles. The minimum atomic E-state index is -0.887. The van der Waals surface area contributed by atoms with E-state index in [9.17, 15) is 23.5 Å². The molecule has 0 spiro atoms. The number of hydrogen-bond acceptors (Lipinski definition) is 4. The molecule has 40 heavy (non-hydrogen) atoms. The van der Waals surface area contributed by atoms with Gasteiger partial charge in [-0.2, -0.15) is 0 Å². The van der Waals surface area contributed by atoms with Crippen LogP contribution in [0.2, 0.25) is 0 Å². The second-order valence-corrected chi connectivity index (χ2v) is 10.5. The summed E-state index contributed by atoms with van der Waals surface area (Å²) in [5.41, 5.74) is 2.46. The molecule has 0 bridgehead atoms. The van der Waals surface area contributed by atoms with Crippen LogP contribution < -0.4 is 15.7 Å². The summed E-state index contributed by atoms with van der Waals surface area (Å²) in [5, 5.41) is 16.1. The summed E-state index contributed by atoms with van der Waals surface area (Å²) in [6, 6.07) is 16.6. The number of amides is 2. The topological polar surface area (TPSA) is 90.5 Å². The Balaban J connectivity index is 0.00000441. The number of anilines is 2. The first-order valence-corrected chi connectivity index (χ1v) is 13.0. The van der Waals surface area contributed by atoms with E-state index in [4.69, 9.17) is 4.74 Å². The first-order valence-electron chi connectivity index (χ1n) is 13.0. The van der Waals surface area contributed by atoms with Crippen LogP contribution in [0.3, 0.4) is 0 Å². The lowest BCUT2D eigenvalue weighted by Crippen LogP contribution is -2.48. The second-order valence-electron chi connectivity index (χ2n) is 10.5. The predicted octanol–water partition coefficient (Wildman–Crippen LogP) is 5.47. The zero-order chi connectivity index (χ0) is 28.0. The summed E-state index contributed by atoms with van der Waals surface area (Å²) < 4.78 is 34.6. The maximum Gasteiger partial charge on any atom is 0.411 e. The van der Waals surface area contributed by atoms with Gasteiger partial charge in [-0.25, -0.2) is 13.6 Å². The first-order chi connectivity index (χ1) is 18.6. The van der Waals surface area contributed by atoms with E-state index in [0.29, 0.717) is 12.1 Å². The summed E-state index contributed by atoms with van der Waals surface area (Å²) >= 11 is 0. The van der Waals surface area contributed by atoms with E-state index in [2.05, 4.69) is 24.7 Å².